The molecule has 4 rings (SSSR count). The number of pyridine rings is 1. The molecule has 2 heterocycles. The molecule has 1 saturated heterocycles. The lowest BCUT2D eigenvalue weighted by Gasteiger charge is -2.50. The van der Waals surface area contributed by atoms with E-state index in [2.05, 4.69) is 64.5 Å². The third-order valence-corrected chi connectivity index (χ3v) is 8.06. The molecule has 168 valence electrons. The molecule has 1 aromatic heterocycles. The van der Waals surface area contributed by atoms with Crippen LogP contribution in [0.4, 0.5) is 5.82 Å². The molecular weight excluding hydrogens is 412 g/mol. The maximum absolute atomic E-state index is 11.8. The first kappa shape index (κ1) is 22.2. The molecule has 1 aliphatic heterocycles. The van der Waals surface area contributed by atoms with E-state index in [1.807, 2.05) is 0 Å². The van der Waals surface area contributed by atoms with Gasteiger partial charge in [0.05, 0.1) is 11.6 Å². The lowest BCUT2D eigenvalue weighted by Crippen LogP contribution is -2.58. The number of nitrogens with zero attached hydrogens (tertiary/aromatic N) is 3. The molecule has 8 heteroatoms. The van der Waals surface area contributed by atoms with Crippen LogP contribution in [-0.2, 0) is 20.1 Å². The van der Waals surface area contributed by atoms with Crippen molar-refractivity contribution in [1.82, 2.24) is 15.2 Å². The molecule has 0 bridgehead atoms. The minimum absolute atomic E-state index is 0.0293. The molecule has 0 amide bonds. The van der Waals surface area contributed by atoms with Gasteiger partial charge in [0.1, 0.15) is 12.5 Å². The summed E-state index contributed by atoms with van der Waals surface area (Å²) in [7, 11) is 1.09. The normalized spacial score (nSPS) is 27.4. The molecule has 0 unspecified atom stereocenters. The zero-order valence-corrected chi connectivity index (χ0v) is 19.4. The molecule has 1 spiro atoms. The highest BCUT2D eigenvalue weighted by Gasteiger charge is 2.46. The van der Waals surface area contributed by atoms with Crippen LogP contribution in [0.15, 0.2) is 53.6 Å². The van der Waals surface area contributed by atoms with Crippen molar-refractivity contribution in [2.45, 2.75) is 41.7 Å². The molecule has 0 radical (unpaired) electrons. The Balaban J connectivity index is 1.54. The summed E-state index contributed by atoms with van der Waals surface area (Å²) in [5.41, 5.74) is 1.33. The van der Waals surface area contributed by atoms with Gasteiger partial charge in [0.2, 0.25) is 0 Å². The molecule has 31 heavy (non-hydrogen) atoms. The number of hydrogen-bond donors (Lipinski definition) is 1. The average molecular weight is 445 g/mol. The van der Waals surface area contributed by atoms with Crippen LogP contribution in [0.1, 0.15) is 31.2 Å². The quantitative estimate of drug-likeness (QED) is 0.777. The number of anilines is 1. The fourth-order valence-electron chi connectivity index (χ4n) is 4.97. The summed E-state index contributed by atoms with van der Waals surface area (Å²) in [4.78, 5) is 9.13. The SMILES string of the molecule is CN(C)[C@]1(c2ccccc2)CC[C@]2(CC1)CN(c1ccc(S(C)(=O)=O)cn1)COCN2. The molecular formula is C23H32N4O3S. The average Bonchev–Trinajstić information content (AvgIpc) is 2.97. The van der Waals surface area contributed by atoms with E-state index in [0.29, 0.717) is 13.5 Å². The van der Waals surface area contributed by atoms with Crippen LogP contribution in [0.3, 0.4) is 0 Å². The number of hydrogen-bond acceptors (Lipinski definition) is 7. The van der Waals surface area contributed by atoms with Crippen LogP contribution in [0.2, 0.25) is 0 Å². The molecule has 2 fully saturated rings. The van der Waals surface area contributed by atoms with E-state index < -0.39 is 9.84 Å². The van der Waals surface area contributed by atoms with E-state index >= 15 is 0 Å². The second kappa shape index (κ2) is 8.50. The molecule has 0 atom stereocenters. The maximum atomic E-state index is 11.8. The summed E-state index contributed by atoms with van der Waals surface area (Å²) >= 11 is 0. The fourth-order valence-corrected chi connectivity index (χ4v) is 5.53. The summed E-state index contributed by atoms with van der Waals surface area (Å²) in [6.45, 7) is 1.70. The summed E-state index contributed by atoms with van der Waals surface area (Å²) in [6, 6.07) is 14.2. The van der Waals surface area contributed by atoms with Crippen molar-refractivity contribution in [3.63, 3.8) is 0 Å². The number of aromatic nitrogens is 1. The van der Waals surface area contributed by atoms with Gasteiger partial charge < -0.3 is 9.64 Å². The first-order valence-electron chi connectivity index (χ1n) is 10.7. The minimum Gasteiger partial charge on any atom is -0.346 e. The zero-order valence-electron chi connectivity index (χ0n) is 18.5. The van der Waals surface area contributed by atoms with Crippen LogP contribution in [-0.4, -0.2) is 64.2 Å². The molecule has 2 aromatic rings. The van der Waals surface area contributed by atoms with Gasteiger partial charge in [-0.1, -0.05) is 30.3 Å². The Hall–Kier alpha value is -2.00. The number of rotatable bonds is 4. The predicted molar refractivity (Wildman–Crippen MR) is 122 cm³/mol. The lowest BCUT2D eigenvalue weighted by atomic mass is 9.68. The largest absolute Gasteiger partial charge is 0.346 e. The Bertz CT molecular complexity index is 985. The highest BCUT2D eigenvalue weighted by molar-refractivity contribution is 7.90. The second-order valence-electron chi connectivity index (χ2n) is 9.05. The monoisotopic (exact) mass is 444 g/mol. The molecule has 1 saturated carbocycles. The summed E-state index contributed by atoms with van der Waals surface area (Å²) in [5.74, 6) is 0.739. The molecule has 2 aliphatic rings. The van der Waals surface area contributed by atoms with Crippen LogP contribution < -0.4 is 10.2 Å². The molecule has 1 N–H and O–H groups in total. The first-order chi connectivity index (χ1) is 14.7. The summed E-state index contributed by atoms with van der Waals surface area (Å²) in [5, 5.41) is 3.65. The Morgan fingerprint density at radius 3 is 2.35 bits per heavy atom. The van der Waals surface area contributed by atoms with Gasteiger partial charge in [0.25, 0.3) is 0 Å². The second-order valence-corrected chi connectivity index (χ2v) is 11.1. The van der Waals surface area contributed by atoms with Gasteiger partial charge in [-0.25, -0.2) is 13.4 Å². The van der Waals surface area contributed by atoms with Crippen LogP contribution >= 0.6 is 0 Å². The van der Waals surface area contributed by atoms with Crippen LogP contribution in [0.25, 0.3) is 0 Å². The van der Waals surface area contributed by atoms with E-state index in [4.69, 9.17) is 4.74 Å². The van der Waals surface area contributed by atoms with Gasteiger partial charge in [0, 0.05) is 30.1 Å². The standard InChI is InChI=1S/C23H32N4O3S/c1-26(2)23(19-7-5-4-6-8-19)13-11-22(12-14-23)16-27(18-30-17-25-22)21-10-9-20(15-24-21)31(3,28)29/h4-10,15,25H,11-14,16-18H2,1-3H3/t22-,23+. The van der Waals surface area contributed by atoms with Crippen molar-refractivity contribution in [2.75, 3.05) is 45.3 Å². The third-order valence-electron chi connectivity index (χ3n) is 6.96. The van der Waals surface area contributed by atoms with E-state index in [9.17, 15) is 8.42 Å². The fraction of sp³-hybridized carbons (Fsp3) is 0.522. The zero-order chi connectivity index (χ0) is 22.1. The first-order valence-corrected chi connectivity index (χ1v) is 12.6. The molecule has 1 aliphatic carbocycles. The highest BCUT2D eigenvalue weighted by Crippen LogP contribution is 2.45. The molecule has 7 nitrogen and oxygen atoms in total. The predicted octanol–water partition coefficient (Wildman–Crippen LogP) is 2.60. The number of ether oxygens (including phenoxy) is 1. The van der Waals surface area contributed by atoms with Gasteiger partial charge in [-0.15, -0.1) is 0 Å². The number of sulfone groups is 1. The van der Waals surface area contributed by atoms with Crippen molar-refractivity contribution in [3.8, 4) is 0 Å². The van der Waals surface area contributed by atoms with Gasteiger partial charge in [0.15, 0.2) is 9.84 Å². The smallest absolute Gasteiger partial charge is 0.177 e. The Kier molecular flexibility index (Phi) is 6.09. The highest BCUT2D eigenvalue weighted by atomic mass is 32.2. The van der Waals surface area contributed by atoms with E-state index in [-0.39, 0.29) is 16.0 Å². The maximum Gasteiger partial charge on any atom is 0.177 e. The van der Waals surface area contributed by atoms with Crippen molar-refractivity contribution >= 4 is 15.7 Å². The molecule has 1 aromatic carbocycles. The van der Waals surface area contributed by atoms with Gasteiger partial charge in [-0.05, 0) is 57.5 Å². The van der Waals surface area contributed by atoms with Crippen molar-refractivity contribution in [2.24, 2.45) is 0 Å². The Labute approximate surface area is 185 Å². The van der Waals surface area contributed by atoms with Crippen molar-refractivity contribution in [3.05, 3.63) is 54.2 Å². The van der Waals surface area contributed by atoms with E-state index in [1.165, 1.54) is 18.0 Å². The summed E-state index contributed by atoms with van der Waals surface area (Å²) < 4.78 is 29.3. The number of benzene rings is 1. The Morgan fingerprint density at radius 2 is 1.77 bits per heavy atom. The minimum atomic E-state index is -3.26. The lowest BCUT2D eigenvalue weighted by molar-refractivity contribution is 0.0474. The Morgan fingerprint density at radius 1 is 1.06 bits per heavy atom. The van der Waals surface area contributed by atoms with Crippen LogP contribution in [0, 0.1) is 0 Å². The topological polar surface area (TPSA) is 74.8 Å². The van der Waals surface area contributed by atoms with Gasteiger partial charge in [-0.2, -0.15) is 0 Å². The van der Waals surface area contributed by atoms with E-state index in [1.54, 1.807) is 12.1 Å². The van der Waals surface area contributed by atoms with Gasteiger partial charge in [-0.3, -0.25) is 10.2 Å². The van der Waals surface area contributed by atoms with E-state index in [0.717, 1.165) is 38.0 Å². The third kappa shape index (κ3) is 4.48. The summed E-state index contributed by atoms with van der Waals surface area (Å²) in [6.07, 6.45) is 6.76. The van der Waals surface area contributed by atoms with Crippen molar-refractivity contribution < 1.29 is 13.2 Å². The van der Waals surface area contributed by atoms with Crippen LogP contribution in [0.5, 0.6) is 0 Å². The number of nitrogens with one attached hydrogen (secondary N) is 1. The van der Waals surface area contributed by atoms with Gasteiger partial charge >= 0.3 is 0 Å². The van der Waals surface area contributed by atoms with Crippen molar-refractivity contribution in [1.29, 1.82) is 0 Å².